The molecule has 3 heterocycles. The van der Waals surface area contributed by atoms with E-state index in [2.05, 4.69) is 23.8 Å². The lowest BCUT2D eigenvalue weighted by molar-refractivity contribution is -0.0346. The van der Waals surface area contributed by atoms with Crippen molar-refractivity contribution in [3.05, 3.63) is 11.6 Å². The average Bonchev–Trinajstić information content (AvgIpc) is 3.06. The van der Waals surface area contributed by atoms with Crippen LogP contribution < -0.4 is 5.73 Å². The third-order valence-electron chi connectivity index (χ3n) is 3.46. The van der Waals surface area contributed by atoms with E-state index >= 15 is 0 Å². The van der Waals surface area contributed by atoms with Crippen LogP contribution in [0.2, 0.25) is 5.28 Å². The number of alkyl halides is 1. The highest BCUT2D eigenvalue weighted by molar-refractivity contribution is 7.60. The molecule has 27 heavy (non-hydrogen) atoms. The zero-order chi connectivity index (χ0) is 20.0. The Balaban J connectivity index is 1.72. The molecule has 0 aliphatic carbocycles. The van der Waals surface area contributed by atoms with E-state index in [1.807, 2.05) is 0 Å². The van der Waals surface area contributed by atoms with Crippen LogP contribution in [0.4, 0.5) is 10.2 Å². The number of halogens is 2. The summed E-state index contributed by atoms with van der Waals surface area (Å²) in [6.45, 7) is -0.658. The first-order valence-electron chi connectivity index (χ1n) is 7.14. The quantitative estimate of drug-likeness (QED) is 0.362. The van der Waals surface area contributed by atoms with Gasteiger partial charge in [0.15, 0.2) is 17.7 Å². The Morgan fingerprint density at radius 2 is 2.11 bits per heavy atom. The molecule has 1 unspecified atom stereocenters. The molecule has 1 saturated heterocycles. The second-order valence-electron chi connectivity index (χ2n) is 5.44. The van der Waals surface area contributed by atoms with Crippen LogP contribution in [0.15, 0.2) is 6.33 Å². The van der Waals surface area contributed by atoms with Gasteiger partial charge >= 0.3 is 15.6 Å². The maximum atomic E-state index is 14.4. The molecule has 2 aromatic rings. The fraction of sp³-hybridized carbons (Fsp3) is 0.500. The molecule has 0 aromatic carbocycles. The van der Waals surface area contributed by atoms with E-state index in [0.29, 0.717) is 0 Å². The summed E-state index contributed by atoms with van der Waals surface area (Å²) in [6.07, 6.45) is -2.83. The number of hydrogen-bond donors (Lipinski definition) is 4. The second kappa shape index (κ2) is 7.32. The van der Waals surface area contributed by atoms with Crippen LogP contribution in [0.25, 0.3) is 11.2 Å². The number of phosphoric ester groups is 1. The highest BCUT2D eigenvalue weighted by Crippen LogP contribution is 2.57. The lowest BCUT2D eigenvalue weighted by atomic mass is 10.2. The van der Waals surface area contributed by atoms with Gasteiger partial charge in [0.1, 0.15) is 11.7 Å². The molecule has 1 aliphatic heterocycles. The molecule has 0 radical (unpaired) electrons. The van der Waals surface area contributed by atoms with Gasteiger partial charge in [-0.1, -0.05) is 0 Å². The Morgan fingerprint density at radius 1 is 1.41 bits per heavy atom. The minimum Gasteiger partial charge on any atom is -0.382 e. The van der Waals surface area contributed by atoms with Crippen molar-refractivity contribution >= 4 is 44.2 Å². The molecule has 5 N–H and O–H groups in total. The Bertz CT molecular complexity index is 955. The summed E-state index contributed by atoms with van der Waals surface area (Å²) in [4.78, 5) is 38.0. The van der Waals surface area contributed by atoms with Gasteiger partial charge in [-0.2, -0.15) is 14.3 Å². The maximum absolute atomic E-state index is 14.4. The molecule has 17 heteroatoms. The molecule has 1 fully saturated rings. The number of phosphoric acid groups is 2. The van der Waals surface area contributed by atoms with Crippen molar-refractivity contribution in [3.63, 3.8) is 0 Å². The van der Waals surface area contributed by atoms with E-state index in [1.54, 1.807) is 0 Å². The van der Waals surface area contributed by atoms with Crippen LogP contribution >= 0.6 is 27.2 Å². The SMILES string of the molecule is Nc1nc(Cl)nc2c1ncn2[C@@H]1O[C@H](COP(=O)(O)OP(=O)(O)O)C[C@@H]1F. The molecule has 0 bridgehead atoms. The molecule has 4 atom stereocenters. The monoisotopic (exact) mass is 447 g/mol. The lowest BCUT2D eigenvalue weighted by Gasteiger charge is -2.17. The van der Waals surface area contributed by atoms with Gasteiger partial charge in [-0.15, -0.1) is 0 Å². The van der Waals surface area contributed by atoms with Crippen LogP contribution in [0, 0.1) is 0 Å². The van der Waals surface area contributed by atoms with E-state index in [1.165, 1.54) is 10.9 Å². The van der Waals surface area contributed by atoms with Gasteiger partial charge in [-0.25, -0.2) is 18.5 Å². The third-order valence-corrected chi connectivity index (χ3v) is 5.78. The number of ether oxygens (including phenoxy) is 1. The summed E-state index contributed by atoms with van der Waals surface area (Å²) in [5, 5.41) is -0.175. The van der Waals surface area contributed by atoms with Crippen molar-refractivity contribution in [1.82, 2.24) is 19.5 Å². The van der Waals surface area contributed by atoms with Gasteiger partial charge < -0.3 is 25.2 Å². The standard InChI is InChI=1S/C10H13ClFN5O8P2/c11-10-15-7(13)6-8(16-10)17(3-14-6)9-5(12)1-4(24-9)2-23-27(21,22)25-26(18,19)20/h3-5,9H,1-2H2,(H,21,22)(H2,13,15,16)(H2,18,19,20)/t4-,5-,9+/m0/s1. The first-order valence-corrected chi connectivity index (χ1v) is 10.5. The van der Waals surface area contributed by atoms with Crippen molar-refractivity contribution in [2.24, 2.45) is 0 Å². The van der Waals surface area contributed by atoms with Gasteiger partial charge in [0.25, 0.3) is 0 Å². The van der Waals surface area contributed by atoms with E-state index in [-0.39, 0.29) is 28.7 Å². The molecule has 1 aliphatic rings. The minimum atomic E-state index is -5.25. The molecule has 150 valence electrons. The van der Waals surface area contributed by atoms with Gasteiger partial charge in [0, 0.05) is 6.42 Å². The number of hydrogen-bond acceptors (Lipinski definition) is 9. The van der Waals surface area contributed by atoms with Gasteiger partial charge in [0.2, 0.25) is 5.28 Å². The van der Waals surface area contributed by atoms with Crippen LogP contribution in [-0.2, 0) is 22.7 Å². The molecule has 0 spiro atoms. The Kier molecular flexibility index (Phi) is 5.56. The predicted octanol–water partition coefficient (Wildman–Crippen LogP) is 0.914. The summed E-state index contributed by atoms with van der Waals surface area (Å²) in [7, 11) is -10.3. The number of fused-ring (bicyclic) bond motifs is 1. The number of aromatic nitrogens is 4. The van der Waals surface area contributed by atoms with Crippen molar-refractivity contribution in [3.8, 4) is 0 Å². The van der Waals surface area contributed by atoms with Crippen LogP contribution in [0.5, 0.6) is 0 Å². The smallest absolute Gasteiger partial charge is 0.382 e. The largest absolute Gasteiger partial charge is 0.481 e. The fourth-order valence-corrected chi connectivity index (χ4v) is 4.27. The minimum absolute atomic E-state index is 0.00663. The normalized spacial score (nSPS) is 25.7. The molecule has 2 aromatic heterocycles. The summed E-state index contributed by atoms with van der Waals surface area (Å²) in [6, 6.07) is 0. The highest BCUT2D eigenvalue weighted by atomic mass is 35.5. The number of nitrogen functional groups attached to an aromatic ring is 1. The van der Waals surface area contributed by atoms with Gasteiger partial charge in [0.05, 0.1) is 19.0 Å². The van der Waals surface area contributed by atoms with Crippen molar-refractivity contribution in [2.75, 3.05) is 12.3 Å². The number of nitrogens with two attached hydrogens (primary N) is 1. The summed E-state index contributed by atoms with van der Waals surface area (Å²) < 4.78 is 51.2. The van der Waals surface area contributed by atoms with Crippen molar-refractivity contribution in [1.29, 1.82) is 0 Å². The van der Waals surface area contributed by atoms with E-state index in [0.717, 1.165) is 0 Å². The van der Waals surface area contributed by atoms with E-state index in [9.17, 15) is 18.4 Å². The fourth-order valence-electron chi connectivity index (χ4n) is 2.48. The van der Waals surface area contributed by atoms with Crippen LogP contribution in [0.3, 0.4) is 0 Å². The number of rotatable bonds is 6. The molecule has 13 nitrogen and oxygen atoms in total. The molecule has 3 rings (SSSR count). The van der Waals surface area contributed by atoms with Gasteiger partial charge in [-0.05, 0) is 11.6 Å². The second-order valence-corrected chi connectivity index (χ2v) is 8.61. The molecular formula is C10H13ClFN5O8P2. The Labute approximate surface area is 155 Å². The Morgan fingerprint density at radius 3 is 2.78 bits per heavy atom. The lowest BCUT2D eigenvalue weighted by Crippen LogP contribution is -2.17. The zero-order valence-corrected chi connectivity index (χ0v) is 15.7. The third kappa shape index (κ3) is 4.80. The number of nitrogens with zero attached hydrogens (tertiary/aromatic N) is 4. The molecular weight excluding hydrogens is 435 g/mol. The maximum Gasteiger partial charge on any atom is 0.481 e. The predicted molar refractivity (Wildman–Crippen MR) is 87.1 cm³/mol. The topological polar surface area (TPSA) is 192 Å². The number of imidazole rings is 1. The summed E-state index contributed by atoms with van der Waals surface area (Å²) in [5.74, 6) is -0.00663. The molecule has 0 saturated carbocycles. The van der Waals surface area contributed by atoms with Gasteiger partial charge in [-0.3, -0.25) is 9.09 Å². The summed E-state index contributed by atoms with van der Waals surface area (Å²) in [5.41, 5.74) is 5.98. The van der Waals surface area contributed by atoms with Crippen molar-refractivity contribution in [2.45, 2.75) is 24.9 Å². The summed E-state index contributed by atoms with van der Waals surface area (Å²) >= 11 is 5.74. The first kappa shape index (κ1) is 20.5. The van der Waals surface area contributed by atoms with Crippen molar-refractivity contribution < 1.29 is 41.8 Å². The van der Waals surface area contributed by atoms with Crippen LogP contribution in [-0.4, -0.2) is 53.1 Å². The zero-order valence-electron chi connectivity index (χ0n) is 13.1. The number of anilines is 1. The average molecular weight is 448 g/mol. The van der Waals surface area contributed by atoms with E-state index in [4.69, 9.17) is 31.9 Å². The first-order chi connectivity index (χ1) is 12.5. The van der Waals surface area contributed by atoms with E-state index < -0.39 is 40.8 Å². The highest BCUT2D eigenvalue weighted by Gasteiger charge is 2.40. The Hall–Kier alpha value is -1.21. The molecule has 0 amide bonds. The van der Waals surface area contributed by atoms with Crippen LogP contribution in [0.1, 0.15) is 12.6 Å².